The predicted molar refractivity (Wildman–Crippen MR) is 48.9 cm³/mol. The number of hydrogen-bond acceptors (Lipinski definition) is 1. The standard InChI is InChI=1S/C8H19ClNO/c1-4-10(3,5-2)6-8(9)7-11/h8,11H,4-7H2,1-3H3/q+1. The fraction of sp³-hybridized carbons (Fsp3) is 1.00. The summed E-state index contributed by atoms with van der Waals surface area (Å²) in [6.07, 6.45) is 0. The van der Waals surface area contributed by atoms with E-state index in [1.54, 1.807) is 0 Å². The molecule has 0 aromatic rings. The summed E-state index contributed by atoms with van der Waals surface area (Å²) in [5, 5.41) is 8.65. The summed E-state index contributed by atoms with van der Waals surface area (Å²) in [4.78, 5) is 0. The summed E-state index contributed by atoms with van der Waals surface area (Å²) >= 11 is 5.84. The first-order valence-electron chi connectivity index (χ1n) is 4.16. The highest BCUT2D eigenvalue weighted by Gasteiger charge is 2.20. The van der Waals surface area contributed by atoms with Gasteiger partial charge in [-0.3, -0.25) is 0 Å². The molecule has 3 heteroatoms. The van der Waals surface area contributed by atoms with Crippen LogP contribution in [0.1, 0.15) is 13.8 Å². The van der Waals surface area contributed by atoms with Crippen LogP contribution in [0.5, 0.6) is 0 Å². The highest BCUT2D eigenvalue weighted by molar-refractivity contribution is 6.20. The summed E-state index contributed by atoms with van der Waals surface area (Å²) in [5.41, 5.74) is 0. The number of hydrogen-bond donors (Lipinski definition) is 1. The Morgan fingerprint density at radius 3 is 2.09 bits per heavy atom. The molecule has 0 aliphatic heterocycles. The summed E-state index contributed by atoms with van der Waals surface area (Å²) in [6, 6.07) is 0. The molecule has 1 atom stereocenters. The van der Waals surface area contributed by atoms with Gasteiger partial charge in [0.15, 0.2) is 0 Å². The summed E-state index contributed by atoms with van der Waals surface area (Å²) in [5.74, 6) is 0. The number of aliphatic hydroxyl groups is 1. The van der Waals surface area contributed by atoms with Gasteiger partial charge in [-0.2, -0.15) is 0 Å². The molecule has 68 valence electrons. The minimum absolute atomic E-state index is 0.0788. The van der Waals surface area contributed by atoms with Gasteiger partial charge in [-0.25, -0.2) is 0 Å². The Bertz CT molecular complexity index is 104. The van der Waals surface area contributed by atoms with Gasteiger partial charge in [-0.1, -0.05) is 0 Å². The molecule has 0 rings (SSSR count). The van der Waals surface area contributed by atoms with Crippen molar-refractivity contribution in [1.29, 1.82) is 0 Å². The molecule has 1 unspecified atom stereocenters. The predicted octanol–water partition coefficient (Wildman–Crippen LogP) is 1.07. The molecule has 0 spiro atoms. The van der Waals surface area contributed by atoms with Crippen LogP contribution in [0.25, 0.3) is 0 Å². The Labute approximate surface area is 74.4 Å². The molecule has 0 aliphatic rings. The lowest BCUT2D eigenvalue weighted by molar-refractivity contribution is -0.905. The maximum Gasteiger partial charge on any atom is 0.106 e. The van der Waals surface area contributed by atoms with Crippen LogP contribution < -0.4 is 0 Å². The fourth-order valence-electron chi connectivity index (χ4n) is 1.02. The molecule has 0 radical (unpaired) electrons. The van der Waals surface area contributed by atoms with Crippen molar-refractivity contribution in [3.63, 3.8) is 0 Å². The van der Waals surface area contributed by atoms with Crippen molar-refractivity contribution in [3.8, 4) is 0 Å². The molecule has 11 heavy (non-hydrogen) atoms. The first-order chi connectivity index (χ1) is 5.08. The smallest absolute Gasteiger partial charge is 0.106 e. The largest absolute Gasteiger partial charge is 0.395 e. The lowest BCUT2D eigenvalue weighted by Gasteiger charge is -2.33. The van der Waals surface area contributed by atoms with Crippen molar-refractivity contribution in [1.82, 2.24) is 0 Å². The van der Waals surface area contributed by atoms with Crippen LogP contribution in [0.3, 0.4) is 0 Å². The summed E-state index contributed by atoms with van der Waals surface area (Å²) < 4.78 is 0.939. The molecule has 0 aliphatic carbocycles. The second kappa shape index (κ2) is 4.96. The van der Waals surface area contributed by atoms with Gasteiger partial charge in [0.25, 0.3) is 0 Å². The van der Waals surface area contributed by atoms with Crippen LogP contribution in [-0.2, 0) is 0 Å². The van der Waals surface area contributed by atoms with Gasteiger partial charge >= 0.3 is 0 Å². The van der Waals surface area contributed by atoms with Crippen LogP contribution in [0.2, 0.25) is 0 Å². The number of aliphatic hydroxyl groups excluding tert-OH is 1. The summed E-state index contributed by atoms with van der Waals surface area (Å²) in [6.45, 7) is 7.36. The Morgan fingerprint density at radius 2 is 1.82 bits per heavy atom. The molecule has 0 bridgehead atoms. The average Bonchev–Trinajstić information content (AvgIpc) is 2.04. The highest BCUT2D eigenvalue weighted by atomic mass is 35.5. The van der Waals surface area contributed by atoms with E-state index < -0.39 is 0 Å². The first kappa shape index (κ1) is 11.2. The number of halogens is 1. The SMILES string of the molecule is CC[N+](C)(CC)CC(Cl)CO. The zero-order valence-corrected chi connectivity index (χ0v) is 8.43. The molecule has 2 nitrogen and oxygen atoms in total. The molecule has 0 amide bonds. The van der Waals surface area contributed by atoms with E-state index in [0.29, 0.717) is 0 Å². The van der Waals surface area contributed by atoms with Gasteiger partial charge in [0.2, 0.25) is 0 Å². The molecule has 0 saturated carbocycles. The van der Waals surface area contributed by atoms with Crippen LogP contribution in [0.4, 0.5) is 0 Å². The van der Waals surface area contributed by atoms with Gasteiger partial charge in [-0.05, 0) is 13.8 Å². The lowest BCUT2D eigenvalue weighted by atomic mass is 10.3. The normalized spacial score (nSPS) is 15.0. The van der Waals surface area contributed by atoms with Crippen LogP contribution in [0, 0.1) is 0 Å². The first-order valence-corrected chi connectivity index (χ1v) is 4.60. The zero-order chi connectivity index (χ0) is 8.91. The average molecular weight is 181 g/mol. The van der Waals surface area contributed by atoms with Crippen molar-refractivity contribution >= 4 is 11.6 Å². The number of nitrogens with zero attached hydrogens (tertiary/aromatic N) is 1. The van der Waals surface area contributed by atoms with Crippen molar-refractivity contribution in [2.45, 2.75) is 19.2 Å². The molecule has 0 saturated heterocycles. The fourth-order valence-corrected chi connectivity index (χ4v) is 1.35. The summed E-state index contributed by atoms with van der Waals surface area (Å²) in [7, 11) is 2.16. The van der Waals surface area contributed by atoms with E-state index in [1.165, 1.54) is 0 Å². The van der Waals surface area contributed by atoms with E-state index in [0.717, 1.165) is 24.1 Å². The van der Waals surface area contributed by atoms with Crippen molar-refractivity contribution < 1.29 is 9.59 Å². The quantitative estimate of drug-likeness (QED) is 0.496. The van der Waals surface area contributed by atoms with Gasteiger partial charge in [0.1, 0.15) is 5.38 Å². The highest BCUT2D eigenvalue weighted by Crippen LogP contribution is 2.06. The third-order valence-electron chi connectivity index (χ3n) is 2.36. The van der Waals surface area contributed by atoms with E-state index in [4.69, 9.17) is 16.7 Å². The molecule has 0 fully saturated rings. The Hall–Kier alpha value is 0.210. The third kappa shape index (κ3) is 3.94. The number of alkyl halides is 1. The monoisotopic (exact) mass is 180 g/mol. The molecule has 1 N–H and O–H groups in total. The van der Waals surface area contributed by atoms with E-state index >= 15 is 0 Å². The molecule has 0 aromatic heterocycles. The second-order valence-corrected chi connectivity index (χ2v) is 3.83. The van der Waals surface area contributed by atoms with E-state index in [2.05, 4.69) is 20.9 Å². The van der Waals surface area contributed by atoms with E-state index in [9.17, 15) is 0 Å². The van der Waals surface area contributed by atoms with Crippen LogP contribution in [-0.4, -0.2) is 48.3 Å². The van der Waals surface area contributed by atoms with Crippen molar-refractivity contribution in [3.05, 3.63) is 0 Å². The molecule has 0 aromatic carbocycles. The van der Waals surface area contributed by atoms with Crippen molar-refractivity contribution in [2.75, 3.05) is 33.3 Å². The van der Waals surface area contributed by atoms with Crippen LogP contribution >= 0.6 is 11.6 Å². The maximum atomic E-state index is 8.75. The maximum absolute atomic E-state index is 8.75. The lowest BCUT2D eigenvalue weighted by Crippen LogP contribution is -2.48. The molecular weight excluding hydrogens is 162 g/mol. The Balaban J connectivity index is 3.86. The Morgan fingerprint density at radius 1 is 1.36 bits per heavy atom. The van der Waals surface area contributed by atoms with E-state index in [-0.39, 0.29) is 12.0 Å². The molecule has 0 heterocycles. The number of quaternary nitrogens is 1. The molecular formula is C8H19ClNO+. The minimum Gasteiger partial charge on any atom is -0.395 e. The van der Waals surface area contributed by atoms with E-state index in [1.807, 2.05) is 0 Å². The van der Waals surface area contributed by atoms with Crippen molar-refractivity contribution in [2.24, 2.45) is 0 Å². The van der Waals surface area contributed by atoms with Gasteiger partial charge < -0.3 is 9.59 Å². The van der Waals surface area contributed by atoms with Gasteiger partial charge in [-0.15, -0.1) is 11.6 Å². The third-order valence-corrected chi connectivity index (χ3v) is 2.64. The second-order valence-electron chi connectivity index (χ2n) is 3.21. The van der Waals surface area contributed by atoms with Crippen LogP contribution in [0.15, 0.2) is 0 Å². The topological polar surface area (TPSA) is 20.2 Å². The van der Waals surface area contributed by atoms with Gasteiger partial charge in [0, 0.05) is 0 Å². The Kier molecular flexibility index (Phi) is 5.06. The number of rotatable bonds is 5. The minimum atomic E-state index is -0.0973. The zero-order valence-electron chi connectivity index (χ0n) is 7.68. The van der Waals surface area contributed by atoms with Gasteiger partial charge in [0.05, 0.1) is 33.3 Å².